The molecule has 1 N–H and O–H groups in total. The second kappa shape index (κ2) is 6.69. The predicted octanol–water partition coefficient (Wildman–Crippen LogP) is 2.17. The van der Waals surface area contributed by atoms with E-state index in [1.165, 1.54) is 11.3 Å². The first-order valence-corrected chi connectivity index (χ1v) is 9.21. The molecular formula is C17H27N3OS. The fourth-order valence-corrected chi connectivity index (χ4v) is 4.31. The Balaban J connectivity index is 1.53. The number of carbonyl (C=O) groups is 1. The van der Waals surface area contributed by atoms with Gasteiger partial charge in [-0.25, -0.2) is 0 Å². The van der Waals surface area contributed by atoms with E-state index in [0.29, 0.717) is 5.91 Å². The number of hydrogen-bond acceptors (Lipinski definition) is 4. The summed E-state index contributed by atoms with van der Waals surface area (Å²) in [5, 5.41) is 5.58. The third-order valence-corrected chi connectivity index (χ3v) is 5.88. The van der Waals surface area contributed by atoms with Gasteiger partial charge in [-0.2, -0.15) is 0 Å². The van der Waals surface area contributed by atoms with E-state index in [1.54, 1.807) is 0 Å². The van der Waals surface area contributed by atoms with Crippen LogP contribution in [0.15, 0.2) is 17.5 Å². The maximum Gasteiger partial charge on any atom is 0.240 e. The van der Waals surface area contributed by atoms with Gasteiger partial charge in [-0.15, -0.1) is 11.3 Å². The van der Waals surface area contributed by atoms with Crippen molar-refractivity contribution in [3.63, 3.8) is 0 Å². The van der Waals surface area contributed by atoms with Crippen LogP contribution in [0.1, 0.15) is 31.6 Å². The van der Waals surface area contributed by atoms with Crippen LogP contribution in [0.4, 0.5) is 0 Å². The highest BCUT2D eigenvalue weighted by atomic mass is 32.1. The largest absolute Gasteiger partial charge is 0.339 e. The van der Waals surface area contributed by atoms with Crippen LogP contribution < -0.4 is 5.32 Å². The molecule has 22 heavy (non-hydrogen) atoms. The van der Waals surface area contributed by atoms with Crippen molar-refractivity contribution in [2.24, 2.45) is 5.41 Å². The summed E-state index contributed by atoms with van der Waals surface area (Å²) in [4.78, 5) is 18.8. The number of carbonyl (C=O) groups excluding carboxylic acids is 1. The number of amides is 1. The molecule has 3 rings (SSSR count). The first kappa shape index (κ1) is 16.0. The van der Waals surface area contributed by atoms with Gasteiger partial charge in [0.2, 0.25) is 5.91 Å². The standard InChI is InChI=1S/C17H27N3OS/c1-17(2)6-4-7-18-15(17)16(21)20-10-8-19(9-11-20)13-14-5-3-12-22-14/h3,5,12,15,18H,4,6-11,13H2,1-2H3. The minimum Gasteiger partial charge on any atom is -0.339 e. The van der Waals surface area contributed by atoms with Crippen molar-refractivity contribution in [1.29, 1.82) is 0 Å². The van der Waals surface area contributed by atoms with Crippen molar-refractivity contribution in [3.8, 4) is 0 Å². The molecule has 3 heterocycles. The van der Waals surface area contributed by atoms with Crippen molar-refractivity contribution < 1.29 is 4.79 Å². The Morgan fingerprint density at radius 1 is 1.36 bits per heavy atom. The molecule has 5 heteroatoms. The summed E-state index contributed by atoms with van der Waals surface area (Å²) in [6, 6.07) is 4.29. The zero-order chi connectivity index (χ0) is 15.6. The van der Waals surface area contributed by atoms with Crippen LogP contribution >= 0.6 is 11.3 Å². The lowest BCUT2D eigenvalue weighted by Crippen LogP contribution is -2.59. The molecule has 4 nitrogen and oxygen atoms in total. The van der Waals surface area contributed by atoms with Crippen LogP contribution in [-0.4, -0.2) is 54.5 Å². The molecule has 1 atom stereocenters. The molecule has 1 amide bonds. The molecule has 0 spiro atoms. The topological polar surface area (TPSA) is 35.6 Å². The summed E-state index contributed by atoms with van der Waals surface area (Å²) in [5.74, 6) is 0.306. The maximum atomic E-state index is 12.8. The smallest absolute Gasteiger partial charge is 0.240 e. The van der Waals surface area contributed by atoms with Gasteiger partial charge in [0, 0.05) is 37.6 Å². The monoisotopic (exact) mass is 321 g/mol. The number of nitrogens with one attached hydrogen (secondary N) is 1. The van der Waals surface area contributed by atoms with Gasteiger partial charge in [-0.05, 0) is 36.2 Å². The summed E-state index contributed by atoms with van der Waals surface area (Å²) < 4.78 is 0. The van der Waals surface area contributed by atoms with E-state index in [1.807, 2.05) is 11.3 Å². The summed E-state index contributed by atoms with van der Waals surface area (Å²) >= 11 is 1.81. The van der Waals surface area contributed by atoms with Crippen LogP contribution in [0.3, 0.4) is 0 Å². The minimum atomic E-state index is -0.00917. The van der Waals surface area contributed by atoms with E-state index in [4.69, 9.17) is 0 Å². The minimum absolute atomic E-state index is 0.00917. The lowest BCUT2D eigenvalue weighted by molar-refractivity contribution is -0.139. The van der Waals surface area contributed by atoms with Crippen LogP contribution in [0, 0.1) is 5.41 Å². The average molecular weight is 321 g/mol. The van der Waals surface area contributed by atoms with Gasteiger partial charge >= 0.3 is 0 Å². The lowest BCUT2D eigenvalue weighted by Gasteiger charge is -2.43. The number of thiophene rings is 1. The molecule has 1 unspecified atom stereocenters. The fourth-order valence-electron chi connectivity index (χ4n) is 3.56. The molecule has 2 saturated heterocycles. The molecule has 2 fully saturated rings. The summed E-state index contributed by atoms with van der Waals surface area (Å²) in [6.07, 6.45) is 2.31. The number of piperidine rings is 1. The third kappa shape index (κ3) is 3.53. The van der Waals surface area contributed by atoms with E-state index < -0.39 is 0 Å². The quantitative estimate of drug-likeness (QED) is 0.927. The van der Waals surface area contributed by atoms with Gasteiger partial charge in [0.25, 0.3) is 0 Å². The SMILES string of the molecule is CC1(C)CCCNC1C(=O)N1CCN(Cc2cccs2)CC1. The predicted molar refractivity (Wildman–Crippen MR) is 91.0 cm³/mol. The molecule has 2 aliphatic heterocycles. The Bertz CT molecular complexity index is 492. The Labute approximate surface area is 137 Å². The average Bonchev–Trinajstić information content (AvgIpc) is 3.00. The van der Waals surface area contributed by atoms with Gasteiger partial charge in [0.1, 0.15) is 0 Å². The van der Waals surface area contributed by atoms with Gasteiger partial charge < -0.3 is 10.2 Å². The highest BCUT2D eigenvalue weighted by Gasteiger charge is 2.39. The van der Waals surface area contributed by atoms with Crippen LogP contribution in [0.2, 0.25) is 0 Å². The van der Waals surface area contributed by atoms with E-state index in [2.05, 4.69) is 46.5 Å². The van der Waals surface area contributed by atoms with Crippen LogP contribution in [0.5, 0.6) is 0 Å². The second-order valence-electron chi connectivity index (χ2n) is 7.16. The van der Waals surface area contributed by atoms with Gasteiger partial charge in [0.15, 0.2) is 0 Å². The Morgan fingerprint density at radius 3 is 2.77 bits per heavy atom. The first-order valence-electron chi connectivity index (χ1n) is 8.33. The Kier molecular flexibility index (Phi) is 4.85. The summed E-state index contributed by atoms with van der Waals surface area (Å²) in [5.41, 5.74) is 0.0729. The fraction of sp³-hybridized carbons (Fsp3) is 0.706. The molecule has 1 aromatic heterocycles. The van der Waals surface area contributed by atoms with E-state index in [-0.39, 0.29) is 11.5 Å². The number of nitrogens with zero attached hydrogens (tertiary/aromatic N) is 2. The molecule has 0 aliphatic carbocycles. The zero-order valence-corrected chi connectivity index (χ0v) is 14.5. The molecule has 0 radical (unpaired) electrons. The molecule has 2 aliphatic rings. The van der Waals surface area contributed by atoms with Crippen molar-refractivity contribution in [2.75, 3.05) is 32.7 Å². The number of hydrogen-bond donors (Lipinski definition) is 1. The van der Waals surface area contributed by atoms with Crippen LogP contribution in [-0.2, 0) is 11.3 Å². The Hall–Kier alpha value is -0.910. The van der Waals surface area contributed by atoms with Crippen molar-refractivity contribution in [2.45, 2.75) is 39.3 Å². The van der Waals surface area contributed by atoms with E-state index >= 15 is 0 Å². The third-order valence-electron chi connectivity index (χ3n) is 5.02. The number of piperazine rings is 1. The molecular weight excluding hydrogens is 294 g/mol. The molecule has 0 saturated carbocycles. The van der Waals surface area contributed by atoms with Crippen molar-refractivity contribution in [1.82, 2.24) is 15.1 Å². The summed E-state index contributed by atoms with van der Waals surface area (Å²) in [6.45, 7) is 10.1. The van der Waals surface area contributed by atoms with E-state index in [0.717, 1.165) is 45.7 Å². The van der Waals surface area contributed by atoms with Crippen molar-refractivity contribution >= 4 is 17.2 Å². The highest BCUT2D eigenvalue weighted by Crippen LogP contribution is 2.31. The molecule has 1 aromatic rings. The highest BCUT2D eigenvalue weighted by molar-refractivity contribution is 7.09. The van der Waals surface area contributed by atoms with Crippen LogP contribution in [0.25, 0.3) is 0 Å². The molecule has 0 aromatic carbocycles. The molecule has 122 valence electrons. The molecule has 0 bridgehead atoms. The normalized spacial score (nSPS) is 26.1. The summed E-state index contributed by atoms with van der Waals surface area (Å²) in [7, 11) is 0. The number of rotatable bonds is 3. The zero-order valence-electron chi connectivity index (χ0n) is 13.7. The Morgan fingerprint density at radius 2 is 2.14 bits per heavy atom. The van der Waals surface area contributed by atoms with Gasteiger partial charge in [0.05, 0.1) is 6.04 Å². The lowest BCUT2D eigenvalue weighted by atomic mass is 9.77. The van der Waals surface area contributed by atoms with Gasteiger partial charge in [-0.3, -0.25) is 9.69 Å². The van der Waals surface area contributed by atoms with E-state index in [9.17, 15) is 4.79 Å². The van der Waals surface area contributed by atoms with Crippen molar-refractivity contribution in [3.05, 3.63) is 22.4 Å². The van der Waals surface area contributed by atoms with Gasteiger partial charge in [-0.1, -0.05) is 19.9 Å². The first-order chi connectivity index (χ1) is 10.6. The maximum absolute atomic E-state index is 12.8. The second-order valence-corrected chi connectivity index (χ2v) is 8.19.